The minimum Gasteiger partial charge on any atom is -0.463 e. The molecule has 0 saturated carbocycles. The molecule has 2 rings (SSSR count). The number of hydrogen-bond donors (Lipinski definition) is 1. The molecule has 108 valence electrons. The van der Waals surface area contributed by atoms with Crippen LogP contribution < -0.4 is 5.32 Å². The number of piperidine rings is 1. The third kappa shape index (κ3) is 4.06. The monoisotopic (exact) mass is 266 g/mol. The van der Waals surface area contributed by atoms with Crippen LogP contribution in [0.2, 0.25) is 0 Å². The number of ether oxygens (including phenoxy) is 1. The van der Waals surface area contributed by atoms with Crippen LogP contribution in [0, 0.1) is 6.92 Å². The number of methoxy groups -OCH3 is 1. The van der Waals surface area contributed by atoms with Gasteiger partial charge in [-0.2, -0.15) is 0 Å². The van der Waals surface area contributed by atoms with Gasteiger partial charge in [-0.25, -0.2) is 0 Å². The summed E-state index contributed by atoms with van der Waals surface area (Å²) >= 11 is 0. The average Bonchev–Trinajstić information content (AvgIpc) is 2.76. The van der Waals surface area contributed by atoms with E-state index in [4.69, 9.17) is 9.15 Å². The van der Waals surface area contributed by atoms with Crippen molar-refractivity contribution in [2.75, 3.05) is 26.7 Å². The van der Waals surface area contributed by atoms with Crippen molar-refractivity contribution >= 4 is 0 Å². The second kappa shape index (κ2) is 7.08. The molecule has 1 aliphatic rings. The number of aryl methyl sites for hydroxylation is 1. The first kappa shape index (κ1) is 14.6. The Morgan fingerprint density at radius 2 is 2.37 bits per heavy atom. The first-order valence-electron chi connectivity index (χ1n) is 7.27. The van der Waals surface area contributed by atoms with Crippen LogP contribution in [0.4, 0.5) is 0 Å². The lowest BCUT2D eigenvalue weighted by Gasteiger charge is -2.31. The summed E-state index contributed by atoms with van der Waals surface area (Å²) in [5.74, 6) is 2.14. The van der Waals surface area contributed by atoms with Crippen LogP contribution >= 0.6 is 0 Å². The van der Waals surface area contributed by atoms with E-state index in [-0.39, 0.29) is 0 Å². The normalized spacial score (nSPS) is 20.9. The van der Waals surface area contributed by atoms with Crippen LogP contribution in [0.15, 0.2) is 10.5 Å². The molecule has 0 bridgehead atoms. The maximum Gasteiger partial charge on any atom is 0.120 e. The highest BCUT2D eigenvalue weighted by Gasteiger charge is 2.20. The van der Waals surface area contributed by atoms with Crippen molar-refractivity contribution in [2.45, 2.75) is 45.9 Å². The van der Waals surface area contributed by atoms with Gasteiger partial charge in [0.25, 0.3) is 0 Å². The fourth-order valence-electron chi connectivity index (χ4n) is 2.65. The molecule has 1 unspecified atom stereocenters. The Morgan fingerprint density at radius 3 is 3.11 bits per heavy atom. The van der Waals surface area contributed by atoms with E-state index in [2.05, 4.69) is 30.1 Å². The maximum atomic E-state index is 5.94. The molecule has 1 aromatic heterocycles. The minimum atomic E-state index is 0.381. The van der Waals surface area contributed by atoms with Crippen LogP contribution in [0.3, 0.4) is 0 Å². The van der Waals surface area contributed by atoms with Crippen molar-refractivity contribution in [3.63, 3.8) is 0 Å². The first-order valence-corrected chi connectivity index (χ1v) is 7.27. The first-order chi connectivity index (χ1) is 9.22. The molecule has 1 aromatic rings. The van der Waals surface area contributed by atoms with Crippen molar-refractivity contribution in [3.8, 4) is 0 Å². The van der Waals surface area contributed by atoms with Crippen molar-refractivity contribution in [2.24, 2.45) is 0 Å². The third-order valence-electron chi connectivity index (χ3n) is 3.78. The second-order valence-corrected chi connectivity index (χ2v) is 5.33. The molecule has 1 aliphatic heterocycles. The van der Waals surface area contributed by atoms with Gasteiger partial charge in [0.1, 0.15) is 11.5 Å². The number of rotatable bonds is 6. The molecule has 0 spiro atoms. The Kier molecular flexibility index (Phi) is 5.43. The molecular formula is C15H26N2O2. The molecule has 1 saturated heterocycles. The highest BCUT2D eigenvalue weighted by atomic mass is 16.5. The zero-order valence-corrected chi connectivity index (χ0v) is 12.4. The molecule has 1 fully saturated rings. The maximum absolute atomic E-state index is 5.94. The Hall–Kier alpha value is -0.840. The van der Waals surface area contributed by atoms with Gasteiger partial charge in [-0.15, -0.1) is 0 Å². The lowest BCUT2D eigenvalue weighted by atomic mass is 10.1. The SMILES string of the molecule is CCNCc1oc(CN2CCCC(OC)C2)cc1C. The molecule has 0 aromatic carbocycles. The van der Waals surface area contributed by atoms with E-state index in [1.165, 1.54) is 18.4 Å². The molecule has 19 heavy (non-hydrogen) atoms. The van der Waals surface area contributed by atoms with E-state index < -0.39 is 0 Å². The fraction of sp³-hybridized carbons (Fsp3) is 0.733. The van der Waals surface area contributed by atoms with Crippen molar-refractivity contribution in [1.29, 1.82) is 0 Å². The fourth-order valence-corrected chi connectivity index (χ4v) is 2.65. The molecule has 1 N–H and O–H groups in total. The lowest BCUT2D eigenvalue weighted by molar-refractivity contribution is 0.0262. The van der Waals surface area contributed by atoms with Gasteiger partial charge >= 0.3 is 0 Å². The summed E-state index contributed by atoms with van der Waals surface area (Å²) in [5, 5.41) is 3.31. The number of hydrogen-bond acceptors (Lipinski definition) is 4. The minimum absolute atomic E-state index is 0.381. The van der Waals surface area contributed by atoms with Gasteiger partial charge < -0.3 is 14.5 Å². The van der Waals surface area contributed by atoms with Crippen LogP contribution in [0.5, 0.6) is 0 Å². The highest BCUT2D eigenvalue weighted by Crippen LogP contribution is 2.19. The van der Waals surface area contributed by atoms with E-state index in [1.54, 1.807) is 7.11 Å². The molecule has 0 radical (unpaired) electrons. The van der Waals surface area contributed by atoms with Crippen molar-refractivity contribution in [3.05, 3.63) is 23.2 Å². The van der Waals surface area contributed by atoms with Gasteiger partial charge in [0.05, 0.1) is 19.2 Å². The highest BCUT2D eigenvalue weighted by molar-refractivity contribution is 5.20. The summed E-state index contributed by atoms with van der Waals surface area (Å²) in [5.41, 5.74) is 1.25. The largest absolute Gasteiger partial charge is 0.463 e. The van der Waals surface area contributed by atoms with Crippen LogP contribution in [-0.2, 0) is 17.8 Å². The summed E-state index contributed by atoms with van der Waals surface area (Å²) in [6.07, 6.45) is 2.77. The lowest BCUT2D eigenvalue weighted by Crippen LogP contribution is -2.38. The summed E-state index contributed by atoms with van der Waals surface area (Å²) in [6.45, 7) is 9.07. The number of likely N-dealkylation sites (tertiary alicyclic amines) is 1. The van der Waals surface area contributed by atoms with E-state index in [9.17, 15) is 0 Å². The second-order valence-electron chi connectivity index (χ2n) is 5.33. The topological polar surface area (TPSA) is 37.6 Å². The van der Waals surface area contributed by atoms with Gasteiger partial charge in [-0.05, 0) is 44.5 Å². The molecule has 1 atom stereocenters. The van der Waals surface area contributed by atoms with Crippen LogP contribution in [0.1, 0.15) is 36.8 Å². The summed E-state index contributed by atoms with van der Waals surface area (Å²) in [6, 6.07) is 2.17. The van der Waals surface area contributed by atoms with E-state index >= 15 is 0 Å². The zero-order chi connectivity index (χ0) is 13.7. The van der Waals surface area contributed by atoms with E-state index in [0.29, 0.717) is 6.10 Å². The predicted octanol–water partition coefficient (Wildman–Crippen LogP) is 2.31. The van der Waals surface area contributed by atoms with Crippen molar-refractivity contribution < 1.29 is 9.15 Å². The predicted molar refractivity (Wildman–Crippen MR) is 76.1 cm³/mol. The molecule has 4 nitrogen and oxygen atoms in total. The smallest absolute Gasteiger partial charge is 0.120 e. The Labute approximate surface area is 116 Å². The van der Waals surface area contributed by atoms with Crippen molar-refractivity contribution in [1.82, 2.24) is 10.2 Å². The summed E-state index contributed by atoms with van der Waals surface area (Å²) in [4.78, 5) is 2.42. The third-order valence-corrected chi connectivity index (χ3v) is 3.78. The van der Waals surface area contributed by atoms with Gasteiger partial charge in [0.15, 0.2) is 0 Å². The van der Waals surface area contributed by atoms with E-state index in [1.807, 2.05) is 0 Å². The standard InChI is InChI=1S/C15H26N2O2/c1-4-16-9-15-12(2)8-14(19-15)11-17-7-5-6-13(10-17)18-3/h8,13,16H,4-7,9-11H2,1-3H3. The van der Waals surface area contributed by atoms with Gasteiger partial charge in [0, 0.05) is 13.7 Å². The van der Waals surface area contributed by atoms with Gasteiger partial charge in [0.2, 0.25) is 0 Å². The quantitative estimate of drug-likeness (QED) is 0.857. The summed E-state index contributed by atoms with van der Waals surface area (Å²) < 4.78 is 11.4. The molecule has 4 heteroatoms. The Morgan fingerprint density at radius 1 is 1.53 bits per heavy atom. The molecule has 0 aliphatic carbocycles. The summed E-state index contributed by atoms with van der Waals surface area (Å²) in [7, 11) is 1.81. The van der Waals surface area contributed by atoms with Crippen LogP contribution in [-0.4, -0.2) is 37.7 Å². The average molecular weight is 266 g/mol. The molecule has 2 heterocycles. The van der Waals surface area contributed by atoms with E-state index in [0.717, 1.165) is 44.2 Å². The van der Waals surface area contributed by atoms with Crippen LogP contribution in [0.25, 0.3) is 0 Å². The molecule has 0 amide bonds. The Bertz CT molecular complexity index is 389. The number of nitrogens with one attached hydrogen (secondary N) is 1. The molecular weight excluding hydrogens is 240 g/mol. The Balaban J connectivity index is 1.91. The number of furan rings is 1. The number of nitrogens with zero attached hydrogens (tertiary/aromatic N) is 1. The van der Waals surface area contributed by atoms with Gasteiger partial charge in [-0.1, -0.05) is 6.92 Å². The van der Waals surface area contributed by atoms with Gasteiger partial charge in [-0.3, -0.25) is 4.90 Å². The zero-order valence-electron chi connectivity index (χ0n) is 12.4.